The molecular formula is C61H39N3. The minimum absolute atomic E-state index is 0.976. The molecule has 1 aliphatic heterocycles. The van der Waals surface area contributed by atoms with Crippen LogP contribution in [0.5, 0.6) is 0 Å². The molecule has 0 N–H and O–H groups in total. The molecule has 0 unspecified atom stereocenters. The fourth-order valence-corrected chi connectivity index (χ4v) is 10.2. The summed E-state index contributed by atoms with van der Waals surface area (Å²) in [5.74, 6) is 0. The Hall–Kier alpha value is -8.53. The van der Waals surface area contributed by atoms with Crippen molar-refractivity contribution in [1.29, 1.82) is 0 Å². The summed E-state index contributed by atoms with van der Waals surface area (Å²) in [4.78, 5) is 8.14. The molecule has 0 saturated heterocycles. The molecule has 3 heteroatoms. The summed E-state index contributed by atoms with van der Waals surface area (Å²) >= 11 is 0. The van der Waals surface area contributed by atoms with Gasteiger partial charge in [0.25, 0.3) is 0 Å². The van der Waals surface area contributed by atoms with Crippen LogP contribution in [-0.4, -0.2) is 9.55 Å². The summed E-state index contributed by atoms with van der Waals surface area (Å²) in [5.41, 5.74) is 19.3. The lowest BCUT2D eigenvalue weighted by Gasteiger charge is -2.36. The van der Waals surface area contributed by atoms with Crippen LogP contribution < -0.4 is 4.90 Å². The third-order valence-electron chi connectivity index (χ3n) is 13.1. The smallest absolute Gasteiger partial charge is 0.0830 e. The number of benzene rings is 10. The summed E-state index contributed by atoms with van der Waals surface area (Å²) in [5, 5.41) is 5.94. The van der Waals surface area contributed by atoms with Crippen molar-refractivity contribution in [3.8, 4) is 61.5 Å². The maximum Gasteiger partial charge on any atom is 0.0830 e. The molecule has 0 fully saturated rings. The van der Waals surface area contributed by atoms with Crippen molar-refractivity contribution in [2.75, 3.05) is 4.90 Å². The van der Waals surface area contributed by atoms with Gasteiger partial charge in [0.1, 0.15) is 0 Å². The summed E-state index contributed by atoms with van der Waals surface area (Å²) < 4.78 is 2.37. The van der Waals surface area contributed by atoms with E-state index in [1.165, 1.54) is 60.6 Å². The maximum absolute atomic E-state index is 5.63. The van der Waals surface area contributed by atoms with Crippen molar-refractivity contribution in [1.82, 2.24) is 9.55 Å². The second-order valence-corrected chi connectivity index (χ2v) is 16.7. The fraction of sp³-hybridized carbons (Fsp3) is 0. The quantitative estimate of drug-likeness (QED) is 0.156. The van der Waals surface area contributed by atoms with E-state index in [1.54, 1.807) is 0 Å². The first-order valence-corrected chi connectivity index (χ1v) is 22.0. The fourth-order valence-electron chi connectivity index (χ4n) is 10.2. The van der Waals surface area contributed by atoms with Gasteiger partial charge in [0, 0.05) is 43.9 Å². The molecule has 1 aliphatic rings. The van der Waals surface area contributed by atoms with Gasteiger partial charge in [0.15, 0.2) is 0 Å². The van der Waals surface area contributed by atoms with Crippen LogP contribution in [0.15, 0.2) is 237 Å². The minimum atomic E-state index is 0.976. The summed E-state index contributed by atoms with van der Waals surface area (Å²) in [6.45, 7) is 0. The van der Waals surface area contributed by atoms with Crippen LogP contribution in [0.4, 0.5) is 17.1 Å². The van der Waals surface area contributed by atoms with Gasteiger partial charge in [-0.2, -0.15) is 0 Å². The van der Waals surface area contributed by atoms with E-state index in [-0.39, 0.29) is 0 Å². The maximum atomic E-state index is 5.63. The lowest BCUT2D eigenvalue weighted by Crippen LogP contribution is -2.17. The van der Waals surface area contributed by atoms with Crippen LogP contribution in [0, 0.1) is 0 Å². The number of hydrogen-bond donors (Lipinski definition) is 0. The van der Waals surface area contributed by atoms with E-state index in [9.17, 15) is 0 Å². The van der Waals surface area contributed by atoms with Crippen molar-refractivity contribution < 1.29 is 0 Å². The number of aromatic nitrogens is 2. The molecule has 298 valence electrons. The minimum Gasteiger partial charge on any atom is -0.309 e. The van der Waals surface area contributed by atoms with Crippen molar-refractivity contribution in [2.24, 2.45) is 0 Å². The molecule has 13 rings (SSSR count). The van der Waals surface area contributed by atoms with Gasteiger partial charge in [0.2, 0.25) is 0 Å². The highest BCUT2D eigenvalue weighted by atomic mass is 15.2. The Morgan fingerprint density at radius 2 is 0.859 bits per heavy atom. The molecule has 10 aromatic carbocycles. The molecule has 0 aliphatic carbocycles. The van der Waals surface area contributed by atoms with Gasteiger partial charge in [-0.05, 0) is 99.4 Å². The number of rotatable bonds is 6. The standard InChI is InChI=1S/C61H39N3/c1-5-17-40(18-6-1)43-32-36-57-53(39-43)60-59-50(28-16-30-58(59)64(57)61-47(41-19-7-2-8-20-41)26-15-27-48(61)42-21-9-3-10-22-42)51-37-44(31-34-54(51)62-60)45-33-35-56-52(38-45)49-25-13-14-29-55(49)63(56)46-23-11-4-12-24-46/h1-39H. The molecule has 0 saturated carbocycles. The zero-order chi connectivity index (χ0) is 42.1. The SMILES string of the molecule is c1ccc(-c2ccc3c(c2)-c2nc4ccc(-c5ccc6c(c5)c5ccccc5n6-c5ccccc5)cc4c4cccc(c24)N3c2c(-c3ccccc3)cccc2-c2ccccc2)cc1. The van der Waals surface area contributed by atoms with Gasteiger partial charge in [-0.25, -0.2) is 4.98 Å². The summed E-state index contributed by atoms with van der Waals surface area (Å²) in [6.07, 6.45) is 0. The lowest BCUT2D eigenvalue weighted by molar-refractivity contribution is 1.18. The van der Waals surface area contributed by atoms with Crippen LogP contribution in [0.3, 0.4) is 0 Å². The Bertz CT molecular complexity index is 3700. The first kappa shape index (κ1) is 36.2. The van der Waals surface area contributed by atoms with Gasteiger partial charge in [-0.1, -0.05) is 176 Å². The molecule has 0 radical (unpaired) electrons. The number of fused-ring (bicyclic) bond motifs is 7. The topological polar surface area (TPSA) is 21.1 Å². The molecular weight excluding hydrogens is 775 g/mol. The Morgan fingerprint density at radius 1 is 0.312 bits per heavy atom. The monoisotopic (exact) mass is 813 g/mol. The normalized spacial score (nSPS) is 12.0. The van der Waals surface area contributed by atoms with Gasteiger partial charge < -0.3 is 9.47 Å². The average molecular weight is 814 g/mol. The van der Waals surface area contributed by atoms with E-state index in [4.69, 9.17) is 4.98 Å². The van der Waals surface area contributed by atoms with E-state index in [2.05, 4.69) is 246 Å². The van der Waals surface area contributed by atoms with Crippen molar-refractivity contribution in [3.05, 3.63) is 237 Å². The van der Waals surface area contributed by atoms with Gasteiger partial charge in [-0.3, -0.25) is 0 Å². The number of para-hydroxylation sites is 3. The molecule has 64 heavy (non-hydrogen) atoms. The lowest BCUT2D eigenvalue weighted by atomic mass is 9.88. The van der Waals surface area contributed by atoms with Crippen LogP contribution in [0.1, 0.15) is 0 Å². The predicted molar refractivity (Wildman–Crippen MR) is 269 cm³/mol. The molecule has 3 nitrogen and oxygen atoms in total. The zero-order valence-electron chi connectivity index (χ0n) is 34.9. The summed E-state index contributed by atoms with van der Waals surface area (Å²) in [7, 11) is 0. The van der Waals surface area contributed by atoms with E-state index < -0.39 is 0 Å². The highest BCUT2D eigenvalue weighted by Gasteiger charge is 2.31. The zero-order valence-corrected chi connectivity index (χ0v) is 34.9. The summed E-state index contributed by atoms with van der Waals surface area (Å²) in [6, 6.07) is 85.9. The van der Waals surface area contributed by atoms with Crippen LogP contribution in [0.25, 0.3) is 105 Å². The average Bonchev–Trinajstić information content (AvgIpc) is 3.71. The Kier molecular flexibility index (Phi) is 8.22. The van der Waals surface area contributed by atoms with Crippen LogP contribution in [-0.2, 0) is 0 Å². The predicted octanol–water partition coefficient (Wildman–Crippen LogP) is 16.6. The highest BCUT2D eigenvalue weighted by molar-refractivity contribution is 6.22. The number of hydrogen-bond acceptors (Lipinski definition) is 2. The first-order valence-electron chi connectivity index (χ1n) is 22.0. The first-order chi connectivity index (χ1) is 31.8. The Morgan fingerprint density at radius 3 is 1.58 bits per heavy atom. The second kappa shape index (κ2) is 14.5. The van der Waals surface area contributed by atoms with Gasteiger partial charge in [-0.15, -0.1) is 0 Å². The Balaban J connectivity index is 1.07. The Labute approximate surface area is 371 Å². The van der Waals surface area contributed by atoms with E-state index in [0.29, 0.717) is 0 Å². The van der Waals surface area contributed by atoms with Crippen molar-refractivity contribution >= 4 is 60.5 Å². The van der Waals surface area contributed by atoms with Crippen molar-refractivity contribution in [2.45, 2.75) is 0 Å². The highest BCUT2D eigenvalue weighted by Crippen LogP contribution is 2.56. The van der Waals surface area contributed by atoms with Crippen molar-refractivity contribution in [3.63, 3.8) is 0 Å². The third kappa shape index (κ3) is 5.65. The van der Waals surface area contributed by atoms with E-state index >= 15 is 0 Å². The molecule has 3 heterocycles. The molecule has 0 bridgehead atoms. The second-order valence-electron chi connectivity index (χ2n) is 16.7. The molecule has 0 spiro atoms. The molecule has 0 amide bonds. The number of anilines is 3. The third-order valence-corrected chi connectivity index (χ3v) is 13.1. The van der Waals surface area contributed by atoms with Crippen LogP contribution in [0.2, 0.25) is 0 Å². The van der Waals surface area contributed by atoms with E-state index in [1.807, 2.05) is 0 Å². The van der Waals surface area contributed by atoms with Crippen LogP contribution >= 0.6 is 0 Å². The van der Waals surface area contributed by atoms with Gasteiger partial charge >= 0.3 is 0 Å². The molecule has 0 atom stereocenters. The number of nitrogens with zero attached hydrogens (tertiary/aromatic N) is 3. The molecule has 12 aromatic rings. The van der Waals surface area contributed by atoms with Gasteiger partial charge in [0.05, 0.1) is 39.3 Å². The largest absolute Gasteiger partial charge is 0.309 e. The van der Waals surface area contributed by atoms with E-state index in [0.717, 1.165) is 61.4 Å². The number of pyridine rings is 1. The molecule has 2 aromatic heterocycles.